The number of nitrogen functional groups attached to an aromatic ring is 1. The van der Waals surface area contributed by atoms with Crippen LogP contribution in [-0.2, 0) is 0 Å². The Morgan fingerprint density at radius 3 is 2.94 bits per heavy atom. The van der Waals surface area contributed by atoms with Crippen LogP contribution in [0.25, 0.3) is 0 Å². The van der Waals surface area contributed by atoms with Crippen LogP contribution in [0, 0.1) is 5.41 Å². The Bertz CT molecular complexity index is 605. The summed E-state index contributed by atoms with van der Waals surface area (Å²) in [4.78, 5) is 7.73. The third-order valence-electron chi connectivity index (χ3n) is 2.07. The highest BCUT2D eigenvalue weighted by atomic mass is 79.9. The lowest BCUT2D eigenvalue weighted by Crippen LogP contribution is -2.13. The van der Waals surface area contributed by atoms with Crippen LogP contribution in [-0.4, -0.2) is 15.8 Å². The van der Waals surface area contributed by atoms with Crippen LogP contribution in [0.2, 0.25) is 5.02 Å². The molecule has 0 saturated heterocycles. The van der Waals surface area contributed by atoms with Crippen LogP contribution >= 0.6 is 27.5 Å². The first-order valence-corrected chi connectivity index (χ1v) is 6.02. The van der Waals surface area contributed by atoms with E-state index in [-0.39, 0.29) is 11.7 Å². The Labute approximate surface area is 117 Å². The molecule has 2 aromatic rings. The molecule has 0 unspecified atom stereocenters. The maximum Gasteiger partial charge on any atom is 0.233 e. The minimum atomic E-state index is -0.170. The van der Waals surface area contributed by atoms with E-state index < -0.39 is 0 Å². The number of nitrogens with zero attached hydrogens (tertiary/aromatic N) is 2. The highest BCUT2D eigenvalue weighted by Gasteiger charge is 2.11. The molecule has 0 fully saturated rings. The topological polar surface area (TPSA) is 84.9 Å². The van der Waals surface area contributed by atoms with Gasteiger partial charge in [0.15, 0.2) is 0 Å². The zero-order valence-electron chi connectivity index (χ0n) is 9.02. The third-order valence-corrected chi connectivity index (χ3v) is 2.87. The largest absolute Gasteiger partial charge is 0.437 e. The number of rotatable bonds is 3. The van der Waals surface area contributed by atoms with Crippen LogP contribution < -0.4 is 10.5 Å². The Hall–Kier alpha value is -1.66. The van der Waals surface area contributed by atoms with Gasteiger partial charge in [0.2, 0.25) is 5.88 Å². The molecular weight excluding hydrogens is 320 g/mol. The number of halogens is 2. The summed E-state index contributed by atoms with van der Waals surface area (Å²) < 4.78 is 6.37. The van der Waals surface area contributed by atoms with Crippen LogP contribution in [0.3, 0.4) is 0 Å². The SMILES string of the molecule is N=C(N)c1cncnc1Oc1cc(Br)ccc1Cl. The molecule has 3 N–H and O–H groups in total. The van der Waals surface area contributed by atoms with Crippen LogP contribution in [0.15, 0.2) is 35.2 Å². The van der Waals surface area contributed by atoms with Crippen molar-refractivity contribution >= 4 is 33.4 Å². The molecule has 92 valence electrons. The average Bonchev–Trinajstić information content (AvgIpc) is 2.34. The molecule has 0 spiro atoms. The van der Waals surface area contributed by atoms with E-state index in [4.69, 9.17) is 27.5 Å². The number of nitrogens with one attached hydrogen (secondary N) is 1. The molecule has 5 nitrogen and oxygen atoms in total. The van der Waals surface area contributed by atoms with Gasteiger partial charge in [-0.3, -0.25) is 5.41 Å². The summed E-state index contributed by atoms with van der Waals surface area (Å²) in [5.74, 6) is 0.446. The van der Waals surface area contributed by atoms with E-state index in [1.807, 2.05) is 0 Å². The predicted molar refractivity (Wildman–Crippen MR) is 72.3 cm³/mol. The first-order valence-electron chi connectivity index (χ1n) is 4.85. The normalized spacial score (nSPS) is 10.1. The second kappa shape index (κ2) is 5.32. The molecule has 0 saturated carbocycles. The number of hydrogen-bond donors (Lipinski definition) is 2. The van der Waals surface area contributed by atoms with Gasteiger partial charge in [0.1, 0.15) is 17.9 Å². The number of ether oxygens (including phenoxy) is 1. The fourth-order valence-corrected chi connectivity index (χ4v) is 1.74. The lowest BCUT2D eigenvalue weighted by Gasteiger charge is -2.09. The summed E-state index contributed by atoms with van der Waals surface area (Å²) >= 11 is 9.32. The highest BCUT2D eigenvalue weighted by Crippen LogP contribution is 2.32. The third kappa shape index (κ3) is 2.77. The molecule has 0 amide bonds. The van der Waals surface area contributed by atoms with Crippen molar-refractivity contribution in [1.29, 1.82) is 5.41 Å². The molecular formula is C11H8BrClN4O. The van der Waals surface area contributed by atoms with Gasteiger partial charge < -0.3 is 10.5 Å². The molecule has 0 aliphatic rings. The molecule has 0 aliphatic carbocycles. The molecule has 1 aromatic heterocycles. The van der Waals surface area contributed by atoms with Gasteiger partial charge in [-0.1, -0.05) is 27.5 Å². The summed E-state index contributed by atoms with van der Waals surface area (Å²) in [6.45, 7) is 0. The van der Waals surface area contributed by atoms with Crippen molar-refractivity contribution in [3.05, 3.63) is 45.8 Å². The monoisotopic (exact) mass is 326 g/mol. The molecule has 1 aromatic carbocycles. The molecule has 0 bridgehead atoms. The van der Waals surface area contributed by atoms with Gasteiger partial charge in [0.05, 0.1) is 10.6 Å². The van der Waals surface area contributed by atoms with Gasteiger partial charge in [-0.15, -0.1) is 0 Å². The maximum atomic E-state index is 7.41. The number of aromatic nitrogens is 2. The summed E-state index contributed by atoms with van der Waals surface area (Å²) in [5, 5.41) is 7.85. The lowest BCUT2D eigenvalue weighted by molar-refractivity contribution is 0.460. The van der Waals surface area contributed by atoms with Crippen LogP contribution in [0.5, 0.6) is 11.6 Å². The molecule has 2 rings (SSSR count). The van der Waals surface area contributed by atoms with E-state index in [2.05, 4.69) is 25.9 Å². The zero-order valence-corrected chi connectivity index (χ0v) is 11.4. The number of amidine groups is 1. The number of nitrogens with two attached hydrogens (primary N) is 1. The fraction of sp³-hybridized carbons (Fsp3) is 0. The van der Waals surface area contributed by atoms with E-state index in [1.54, 1.807) is 18.2 Å². The van der Waals surface area contributed by atoms with Crippen LogP contribution in [0.4, 0.5) is 0 Å². The minimum absolute atomic E-state index is 0.170. The quantitative estimate of drug-likeness (QED) is 0.670. The van der Waals surface area contributed by atoms with E-state index in [1.165, 1.54) is 12.5 Å². The van der Waals surface area contributed by atoms with Crippen molar-refractivity contribution in [2.24, 2.45) is 5.73 Å². The van der Waals surface area contributed by atoms with E-state index >= 15 is 0 Å². The van der Waals surface area contributed by atoms with Gasteiger partial charge in [-0.25, -0.2) is 9.97 Å². The van der Waals surface area contributed by atoms with Gasteiger partial charge >= 0.3 is 0 Å². The van der Waals surface area contributed by atoms with Gasteiger partial charge in [-0.05, 0) is 18.2 Å². The Morgan fingerprint density at radius 2 is 2.22 bits per heavy atom. The zero-order chi connectivity index (χ0) is 13.1. The minimum Gasteiger partial charge on any atom is -0.437 e. The maximum absolute atomic E-state index is 7.41. The first-order chi connectivity index (χ1) is 8.58. The average molecular weight is 328 g/mol. The predicted octanol–water partition coefficient (Wildman–Crippen LogP) is 2.97. The Morgan fingerprint density at radius 1 is 1.44 bits per heavy atom. The van der Waals surface area contributed by atoms with E-state index in [9.17, 15) is 0 Å². The van der Waals surface area contributed by atoms with Gasteiger partial charge in [-0.2, -0.15) is 0 Å². The molecule has 1 heterocycles. The summed E-state index contributed by atoms with van der Waals surface area (Å²) in [7, 11) is 0. The van der Waals surface area contributed by atoms with Crippen molar-refractivity contribution in [3.8, 4) is 11.6 Å². The van der Waals surface area contributed by atoms with E-state index in [0.29, 0.717) is 16.3 Å². The fourth-order valence-electron chi connectivity index (χ4n) is 1.24. The Kier molecular flexibility index (Phi) is 3.78. The molecule has 18 heavy (non-hydrogen) atoms. The van der Waals surface area contributed by atoms with Gasteiger partial charge in [0, 0.05) is 10.7 Å². The second-order valence-electron chi connectivity index (χ2n) is 3.33. The standard InChI is InChI=1S/C11H8BrClN4O/c12-6-1-2-8(13)9(3-6)18-11-7(10(14)15)4-16-5-17-11/h1-5H,(H3,14,15). The molecule has 0 radical (unpaired) electrons. The Balaban J connectivity index is 2.40. The first kappa shape index (κ1) is 12.8. The van der Waals surface area contributed by atoms with Crippen molar-refractivity contribution in [2.45, 2.75) is 0 Å². The molecule has 0 aliphatic heterocycles. The second-order valence-corrected chi connectivity index (χ2v) is 4.65. The van der Waals surface area contributed by atoms with Gasteiger partial charge in [0.25, 0.3) is 0 Å². The van der Waals surface area contributed by atoms with E-state index in [0.717, 1.165) is 4.47 Å². The number of hydrogen-bond acceptors (Lipinski definition) is 4. The smallest absolute Gasteiger partial charge is 0.233 e. The molecule has 0 atom stereocenters. The lowest BCUT2D eigenvalue weighted by atomic mass is 10.3. The van der Waals surface area contributed by atoms with Crippen molar-refractivity contribution in [2.75, 3.05) is 0 Å². The van der Waals surface area contributed by atoms with Crippen molar-refractivity contribution < 1.29 is 4.74 Å². The van der Waals surface area contributed by atoms with Crippen molar-refractivity contribution in [3.63, 3.8) is 0 Å². The summed E-state index contributed by atoms with van der Waals surface area (Å²) in [6, 6.07) is 5.19. The number of benzene rings is 1. The highest BCUT2D eigenvalue weighted by molar-refractivity contribution is 9.10. The summed E-state index contributed by atoms with van der Waals surface area (Å²) in [6.07, 6.45) is 2.73. The van der Waals surface area contributed by atoms with Crippen LogP contribution in [0.1, 0.15) is 5.56 Å². The molecule has 7 heteroatoms. The summed E-state index contributed by atoms with van der Waals surface area (Å²) in [5.41, 5.74) is 5.73. The van der Waals surface area contributed by atoms with Crippen molar-refractivity contribution in [1.82, 2.24) is 9.97 Å².